The highest BCUT2D eigenvalue weighted by Crippen LogP contribution is 2.27. The number of aromatic nitrogens is 3. The lowest BCUT2D eigenvalue weighted by Crippen LogP contribution is -2.26. The molecule has 0 fully saturated rings. The van der Waals surface area contributed by atoms with Crippen molar-refractivity contribution in [2.24, 2.45) is 0 Å². The molecule has 0 aliphatic heterocycles. The minimum absolute atomic E-state index is 0.174. The van der Waals surface area contributed by atoms with E-state index in [1.54, 1.807) is 25.1 Å². The normalized spacial score (nSPS) is 10.7. The van der Waals surface area contributed by atoms with E-state index in [0.717, 1.165) is 16.8 Å². The van der Waals surface area contributed by atoms with Crippen LogP contribution in [0.3, 0.4) is 0 Å². The van der Waals surface area contributed by atoms with Crippen LogP contribution in [0, 0.1) is 6.92 Å². The van der Waals surface area contributed by atoms with Gasteiger partial charge in [0.2, 0.25) is 0 Å². The molecule has 164 valence electrons. The molecule has 0 aliphatic carbocycles. The SMILES string of the molecule is COc1ccc(CCNC(=O)c2cnn(-c3ccc(C)cc3)c2-n2cccc2)cc1OC. The van der Waals surface area contributed by atoms with E-state index in [1.165, 1.54) is 0 Å². The number of methoxy groups -OCH3 is 2. The van der Waals surface area contributed by atoms with E-state index < -0.39 is 0 Å². The molecule has 4 rings (SSSR count). The fraction of sp³-hybridized carbons (Fsp3) is 0.200. The van der Waals surface area contributed by atoms with E-state index in [2.05, 4.69) is 10.4 Å². The van der Waals surface area contributed by atoms with Gasteiger partial charge >= 0.3 is 0 Å². The van der Waals surface area contributed by atoms with Crippen LogP contribution in [-0.2, 0) is 6.42 Å². The molecule has 0 saturated heterocycles. The number of carbonyl (C=O) groups excluding carboxylic acids is 1. The molecule has 0 radical (unpaired) electrons. The molecule has 0 saturated carbocycles. The monoisotopic (exact) mass is 430 g/mol. The van der Waals surface area contributed by atoms with Crippen molar-refractivity contribution >= 4 is 5.91 Å². The maximum atomic E-state index is 13.1. The van der Waals surface area contributed by atoms with Crippen LogP contribution in [0.5, 0.6) is 11.5 Å². The van der Waals surface area contributed by atoms with Crippen LogP contribution in [-0.4, -0.2) is 41.0 Å². The third kappa shape index (κ3) is 4.37. The van der Waals surface area contributed by atoms with E-state index in [-0.39, 0.29) is 5.91 Å². The average molecular weight is 431 g/mol. The number of aryl methyl sites for hydroxylation is 1. The van der Waals surface area contributed by atoms with Gasteiger partial charge in [-0.3, -0.25) is 4.79 Å². The first-order valence-electron chi connectivity index (χ1n) is 10.4. The highest BCUT2D eigenvalue weighted by Gasteiger charge is 2.19. The first-order chi connectivity index (χ1) is 15.6. The third-order valence-electron chi connectivity index (χ3n) is 5.26. The highest BCUT2D eigenvalue weighted by atomic mass is 16.5. The van der Waals surface area contributed by atoms with Gasteiger partial charge in [0, 0.05) is 18.9 Å². The number of rotatable bonds is 8. The Morgan fingerprint density at radius 3 is 2.41 bits per heavy atom. The van der Waals surface area contributed by atoms with Crippen molar-refractivity contribution in [3.05, 3.63) is 89.9 Å². The number of nitrogens with one attached hydrogen (secondary N) is 1. The lowest BCUT2D eigenvalue weighted by atomic mass is 10.1. The van der Waals surface area contributed by atoms with Crippen molar-refractivity contribution in [2.75, 3.05) is 20.8 Å². The highest BCUT2D eigenvalue weighted by molar-refractivity contribution is 5.97. The minimum atomic E-state index is -0.174. The molecule has 0 bridgehead atoms. The Labute approximate surface area is 187 Å². The van der Waals surface area contributed by atoms with Gasteiger partial charge in [-0.25, -0.2) is 4.68 Å². The van der Waals surface area contributed by atoms with E-state index >= 15 is 0 Å². The Bertz CT molecular complexity index is 1190. The molecule has 7 nitrogen and oxygen atoms in total. The van der Waals surface area contributed by atoms with Crippen LogP contribution >= 0.6 is 0 Å². The summed E-state index contributed by atoms with van der Waals surface area (Å²) >= 11 is 0. The van der Waals surface area contributed by atoms with Gasteiger partial charge in [-0.05, 0) is 55.3 Å². The molecule has 0 spiro atoms. The fourth-order valence-electron chi connectivity index (χ4n) is 3.55. The smallest absolute Gasteiger partial charge is 0.256 e. The maximum Gasteiger partial charge on any atom is 0.256 e. The van der Waals surface area contributed by atoms with Crippen molar-refractivity contribution in [2.45, 2.75) is 13.3 Å². The molecular formula is C25H26N4O3. The number of carbonyl (C=O) groups is 1. The number of amides is 1. The standard InChI is InChI=1S/C25H26N4O3/c1-18-6-9-20(10-7-18)29-25(28-14-4-5-15-28)21(17-27-29)24(30)26-13-12-19-8-11-22(31-2)23(16-19)32-3/h4-11,14-17H,12-13H2,1-3H3,(H,26,30). The van der Waals surface area contributed by atoms with Crippen molar-refractivity contribution in [3.8, 4) is 23.0 Å². The molecule has 2 aromatic carbocycles. The molecule has 4 aromatic rings. The van der Waals surface area contributed by atoms with Crippen molar-refractivity contribution in [3.63, 3.8) is 0 Å². The molecule has 2 heterocycles. The molecule has 1 N–H and O–H groups in total. The zero-order chi connectivity index (χ0) is 22.5. The second-order valence-corrected chi connectivity index (χ2v) is 7.41. The largest absolute Gasteiger partial charge is 0.493 e. The van der Waals surface area contributed by atoms with Crippen molar-refractivity contribution < 1.29 is 14.3 Å². The third-order valence-corrected chi connectivity index (χ3v) is 5.26. The number of ether oxygens (including phenoxy) is 2. The maximum absolute atomic E-state index is 13.1. The molecule has 7 heteroatoms. The second-order valence-electron chi connectivity index (χ2n) is 7.41. The molecule has 0 aliphatic rings. The summed E-state index contributed by atoms with van der Waals surface area (Å²) in [6.45, 7) is 2.52. The van der Waals surface area contributed by atoms with Gasteiger partial charge in [0.25, 0.3) is 5.91 Å². The van der Waals surface area contributed by atoms with E-state index in [1.807, 2.05) is 78.5 Å². The summed E-state index contributed by atoms with van der Waals surface area (Å²) in [5, 5.41) is 7.52. The van der Waals surface area contributed by atoms with Crippen LogP contribution in [0.1, 0.15) is 21.5 Å². The van der Waals surface area contributed by atoms with Gasteiger partial charge < -0.3 is 19.4 Å². The van der Waals surface area contributed by atoms with Gasteiger partial charge in [-0.15, -0.1) is 0 Å². The van der Waals surface area contributed by atoms with Gasteiger partial charge in [0.05, 0.1) is 26.1 Å². The first-order valence-corrected chi connectivity index (χ1v) is 10.4. The summed E-state index contributed by atoms with van der Waals surface area (Å²) in [6.07, 6.45) is 6.09. The Hall–Kier alpha value is -4.00. The minimum Gasteiger partial charge on any atom is -0.493 e. The fourth-order valence-corrected chi connectivity index (χ4v) is 3.55. The van der Waals surface area contributed by atoms with Crippen LogP contribution < -0.4 is 14.8 Å². The van der Waals surface area contributed by atoms with Crippen LogP contribution in [0.2, 0.25) is 0 Å². The van der Waals surface area contributed by atoms with Crippen LogP contribution in [0.25, 0.3) is 11.5 Å². The first kappa shape index (κ1) is 21.2. The molecule has 0 unspecified atom stereocenters. The summed E-state index contributed by atoms with van der Waals surface area (Å²) in [5.41, 5.74) is 3.61. The Morgan fingerprint density at radius 1 is 1.00 bits per heavy atom. The number of hydrogen-bond donors (Lipinski definition) is 1. The topological polar surface area (TPSA) is 70.3 Å². The summed E-state index contributed by atoms with van der Waals surface area (Å²) in [6, 6.07) is 17.6. The van der Waals surface area contributed by atoms with Gasteiger partial charge in [-0.2, -0.15) is 5.10 Å². The summed E-state index contributed by atoms with van der Waals surface area (Å²) < 4.78 is 14.3. The molecule has 32 heavy (non-hydrogen) atoms. The van der Waals surface area contributed by atoms with Crippen molar-refractivity contribution in [1.29, 1.82) is 0 Å². The zero-order valence-corrected chi connectivity index (χ0v) is 18.4. The molecule has 2 aromatic heterocycles. The zero-order valence-electron chi connectivity index (χ0n) is 18.4. The van der Waals surface area contributed by atoms with E-state index in [0.29, 0.717) is 35.8 Å². The lowest BCUT2D eigenvalue weighted by molar-refractivity contribution is 0.0954. The molecular weight excluding hydrogens is 404 g/mol. The summed E-state index contributed by atoms with van der Waals surface area (Å²) in [7, 11) is 3.22. The Balaban J connectivity index is 1.53. The number of benzene rings is 2. The predicted molar refractivity (Wildman–Crippen MR) is 123 cm³/mol. The molecule has 1 amide bonds. The summed E-state index contributed by atoms with van der Waals surface area (Å²) in [5.74, 6) is 1.88. The van der Waals surface area contributed by atoms with E-state index in [9.17, 15) is 4.79 Å². The number of nitrogens with zero attached hydrogens (tertiary/aromatic N) is 3. The predicted octanol–water partition coefficient (Wildman–Crippen LogP) is 3.96. The van der Waals surface area contributed by atoms with Gasteiger partial charge in [0.15, 0.2) is 17.3 Å². The Kier molecular flexibility index (Phi) is 6.26. The number of hydrogen-bond acceptors (Lipinski definition) is 4. The van der Waals surface area contributed by atoms with Crippen molar-refractivity contribution in [1.82, 2.24) is 19.7 Å². The van der Waals surface area contributed by atoms with Crippen LogP contribution in [0.4, 0.5) is 0 Å². The van der Waals surface area contributed by atoms with Gasteiger partial charge in [0.1, 0.15) is 5.56 Å². The van der Waals surface area contributed by atoms with Gasteiger partial charge in [-0.1, -0.05) is 23.8 Å². The van der Waals surface area contributed by atoms with E-state index in [4.69, 9.17) is 9.47 Å². The average Bonchev–Trinajstić information content (AvgIpc) is 3.49. The second kappa shape index (κ2) is 9.43. The molecule has 0 atom stereocenters. The van der Waals surface area contributed by atoms with Crippen LogP contribution in [0.15, 0.2) is 73.2 Å². The quantitative estimate of drug-likeness (QED) is 0.459. The lowest BCUT2D eigenvalue weighted by Gasteiger charge is -2.12. The Morgan fingerprint density at radius 2 is 1.72 bits per heavy atom. The summed E-state index contributed by atoms with van der Waals surface area (Å²) in [4.78, 5) is 13.1.